The molecule has 1 aliphatic rings. The molecule has 0 spiro atoms. The zero-order valence-corrected chi connectivity index (χ0v) is 15.5. The van der Waals surface area contributed by atoms with Crippen molar-refractivity contribution < 1.29 is 17.9 Å². The number of hydrogen-bond acceptors (Lipinski definition) is 5. The summed E-state index contributed by atoms with van der Waals surface area (Å²) in [6.45, 7) is 1.90. The Labute approximate surface area is 153 Å². The van der Waals surface area contributed by atoms with Gasteiger partial charge in [-0.2, -0.15) is 5.10 Å². The number of carbonyl (C=O) groups excluding carboxylic acids is 1. The molecular weight excluding hydrogens is 354 g/mol. The number of hydrogen-bond donors (Lipinski definition) is 1. The second-order valence-corrected chi connectivity index (χ2v) is 8.47. The Morgan fingerprint density at radius 3 is 2.73 bits per heavy atom. The van der Waals surface area contributed by atoms with Gasteiger partial charge >= 0.3 is 0 Å². The number of nitrogens with zero attached hydrogens (tertiary/aromatic N) is 2. The van der Waals surface area contributed by atoms with Gasteiger partial charge < -0.3 is 4.74 Å². The summed E-state index contributed by atoms with van der Waals surface area (Å²) in [6, 6.07) is 9.06. The highest BCUT2D eigenvalue weighted by molar-refractivity contribution is 7.89. The van der Waals surface area contributed by atoms with Crippen molar-refractivity contribution in [2.24, 2.45) is 5.92 Å². The highest BCUT2D eigenvalue weighted by Gasteiger charge is 2.32. The van der Waals surface area contributed by atoms with Gasteiger partial charge in [-0.1, -0.05) is 0 Å². The second-order valence-electron chi connectivity index (χ2n) is 6.42. The summed E-state index contributed by atoms with van der Waals surface area (Å²) in [5.41, 5.74) is 0.920. The molecule has 1 N–H and O–H groups in total. The molecule has 0 aliphatic heterocycles. The van der Waals surface area contributed by atoms with Crippen molar-refractivity contribution in [3.8, 4) is 11.4 Å². The maximum Gasteiger partial charge on any atom is 0.211 e. The van der Waals surface area contributed by atoms with E-state index in [4.69, 9.17) is 4.74 Å². The highest BCUT2D eigenvalue weighted by atomic mass is 32.2. The van der Waals surface area contributed by atoms with Crippen molar-refractivity contribution in [3.63, 3.8) is 0 Å². The quantitative estimate of drug-likeness (QED) is 0.796. The van der Waals surface area contributed by atoms with Crippen LogP contribution >= 0.6 is 0 Å². The summed E-state index contributed by atoms with van der Waals surface area (Å²) < 4.78 is 34.0. The van der Waals surface area contributed by atoms with Crippen LogP contribution in [0.5, 0.6) is 5.75 Å². The van der Waals surface area contributed by atoms with Crippen LogP contribution in [-0.2, 0) is 14.8 Å². The first kappa shape index (κ1) is 18.6. The van der Waals surface area contributed by atoms with Crippen LogP contribution in [0, 0.1) is 5.92 Å². The van der Waals surface area contributed by atoms with E-state index in [-0.39, 0.29) is 23.5 Å². The van der Waals surface area contributed by atoms with E-state index in [1.807, 2.05) is 36.5 Å². The number of Topliss-reactive ketones (excluding diaryl/α,β-unsaturated/α-hetero) is 1. The normalized spacial score (nSPS) is 20.9. The van der Waals surface area contributed by atoms with Crippen LogP contribution in [0.1, 0.15) is 26.2 Å². The SMILES string of the molecule is CCS(=O)(=O)N[C@H]1CCC(=O)C[C@@H]1COc1ccc(-n2cccn2)cc1. The van der Waals surface area contributed by atoms with Crippen molar-refractivity contribution >= 4 is 15.8 Å². The predicted octanol–water partition coefficient (Wildman–Crippen LogP) is 1.93. The van der Waals surface area contributed by atoms with E-state index in [1.54, 1.807) is 17.8 Å². The van der Waals surface area contributed by atoms with Gasteiger partial charge in [0.25, 0.3) is 0 Å². The summed E-state index contributed by atoms with van der Waals surface area (Å²) >= 11 is 0. The molecule has 0 unspecified atom stereocenters. The van der Waals surface area contributed by atoms with Gasteiger partial charge in [-0.25, -0.2) is 17.8 Å². The van der Waals surface area contributed by atoms with Crippen LogP contribution in [0.4, 0.5) is 0 Å². The molecule has 1 aliphatic carbocycles. The fraction of sp³-hybridized carbons (Fsp3) is 0.444. The van der Waals surface area contributed by atoms with E-state index < -0.39 is 10.0 Å². The molecule has 7 nitrogen and oxygen atoms in total. The lowest BCUT2D eigenvalue weighted by Crippen LogP contribution is -2.46. The number of carbonyl (C=O) groups is 1. The van der Waals surface area contributed by atoms with E-state index in [9.17, 15) is 13.2 Å². The highest BCUT2D eigenvalue weighted by Crippen LogP contribution is 2.24. The van der Waals surface area contributed by atoms with Crippen molar-refractivity contribution in [1.29, 1.82) is 0 Å². The van der Waals surface area contributed by atoms with E-state index in [1.165, 1.54) is 0 Å². The van der Waals surface area contributed by atoms with Crippen LogP contribution in [0.25, 0.3) is 5.69 Å². The lowest BCUT2D eigenvalue weighted by molar-refractivity contribution is -0.122. The summed E-state index contributed by atoms with van der Waals surface area (Å²) in [6.07, 6.45) is 4.83. The van der Waals surface area contributed by atoms with Gasteiger partial charge in [0.1, 0.15) is 11.5 Å². The maximum absolute atomic E-state index is 11.9. The molecule has 1 saturated carbocycles. The summed E-state index contributed by atoms with van der Waals surface area (Å²) in [7, 11) is -3.31. The number of ketones is 1. The lowest BCUT2D eigenvalue weighted by atomic mass is 9.85. The molecule has 8 heteroatoms. The molecule has 3 rings (SSSR count). The summed E-state index contributed by atoms with van der Waals surface area (Å²) in [4.78, 5) is 11.8. The average Bonchev–Trinajstić information content (AvgIpc) is 3.17. The fourth-order valence-corrected chi connectivity index (χ4v) is 3.99. The Hall–Kier alpha value is -2.19. The molecule has 26 heavy (non-hydrogen) atoms. The Morgan fingerprint density at radius 2 is 2.08 bits per heavy atom. The molecule has 0 saturated heterocycles. The molecule has 0 radical (unpaired) electrons. The zero-order valence-electron chi connectivity index (χ0n) is 14.7. The molecule has 1 fully saturated rings. The van der Waals surface area contributed by atoms with Gasteiger partial charge in [-0.3, -0.25) is 4.79 Å². The van der Waals surface area contributed by atoms with Crippen molar-refractivity contribution in [2.45, 2.75) is 32.2 Å². The Bertz CT molecular complexity index is 832. The number of benzene rings is 1. The fourth-order valence-electron chi connectivity index (χ4n) is 3.05. The number of aromatic nitrogens is 2. The topological polar surface area (TPSA) is 90.3 Å². The number of ether oxygens (including phenoxy) is 1. The summed E-state index contributed by atoms with van der Waals surface area (Å²) in [5.74, 6) is 0.693. The predicted molar refractivity (Wildman–Crippen MR) is 97.8 cm³/mol. The van der Waals surface area contributed by atoms with E-state index in [0.717, 1.165) is 5.69 Å². The number of rotatable bonds is 7. The van der Waals surface area contributed by atoms with Gasteiger partial charge in [0.15, 0.2) is 0 Å². The molecular formula is C18H23N3O4S. The third kappa shape index (κ3) is 4.70. The molecule has 0 amide bonds. The van der Waals surface area contributed by atoms with Crippen LogP contribution in [0.15, 0.2) is 42.7 Å². The Morgan fingerprint density at radius 1 is 1.31 bits per heavy atom. The van der Waals surface area contributed by atoms with Gasteiger partial charge in [0.2, 0.25) is 10.0 Å². The molecule has 1 aromatic heterocycles. The third-order valence-electron chi connectivity index (χ3n) is 4.57. The molecule has 140 valence electrons. The van der Waals surface area contributed by atoms with Gasteiger partial charge in [-0.05, 0) is 43.7 Å². The van der Waals surface area contributed by atoms with Gasteiger partial charge in [0.05, 0.1) is 18.0 Å². The minimum Gasteiger partial charge on any atom is -0.493 e. The molecule has 2 aromatic rings. The first-order valence-corrected chi connectivity index (χ1v) is 10.4. The standard InChI is InChI=1S/C18H23N3O4S/c1-2-26(23,24)20-18-9-6-16(22)12-14(18)13-25-17-7-4-15(5-8-17)21-11-3-10-19-21/h3-5,7-8,10-11,14,18,20H,2,6,9,12-13H2,1H3/t14-,18+/m1/s1. The van der Waals surface area contributed by atoms with Crippen molar-refractivity contribution in [3.05, 3.63) is 42.7 Å². The Kier molecular flexibility index (Phi) is 5.73. The first-order chi connectivity index (χ1) is 12.5. The van der Waals surface area contributed by atoms with Crippen LogP contribution in [0.2, 0.25) is 0 Å². The second kappa shape index (κ2) is 8.01. The first-order valence-electron chi connectivity index (χ1n) is 8.71. The molecule has 1 aromatic carbocycles. The smallest absolute Gasteiger partial charge is 0.211 e. The average molecular weight is 377 g/mol. The number of sulfonamides is 1. The summed E-state index contributed by atoms with van der Waals surface area (Å²) in [5, 5.41) is 4.17. The van der Waals surface area contributed by atoms with E-state index in [2.05, 4.69) is 9.82 Å². The minimum absolute atomic E-state index is 0.0277. The maximum atomic E-state index is 11.9. The van der Waals surface area contributed by atoms with Gasteiger partial charge in [0, 0.05) is 37.2 Å². The molecule has 2 atom stereocenters. The molecule has 0 bridgehead atoms. The number of nitrogens with one attached hydrogen (secondary N) is 1. The van der Waals surface area contributed by atoms with Crippen LogP contribution < -0.4 is 9.46 Å². The lowest BCUT2D eigenvalue weighted by Gasteiger charge is -2.31. The van der Waals surface area contributed by atoms with Crippen molar-refractivity contribution in [2.75, 3.05) is 12.4 Å². The van der Waals surface area contributed by atoms with Crippen LogP contribution in [0.3, 0.4) is 0 Å². The Balaban J connectivity index is 1.63. The monoisotopic (exact) mass is 377 g/mol. The molecule has 1 heterocycles. The van der Waals surface area contributed by atoms with Crippen molar-refractivity contribution in [1.82, 2.24) is 14.5 Å². The largest absolute Gasteiger partial charge is 0.493 e. The van der Waals surface area contributed by atoms with Crippen LogP contribution in [-0.4, -0.2) is 42.4 Å². The third-order valence-corrected chi connectivity index (χ3v) is 6.00. The minimum atomic E-state index is -3.31. The van der Waals surface area contributed by atoms with E-state index >= 15 is 0 Å². The van der Waals surface area contributed by atoms with E-state index in [0.29, 0.717) is 31.6 Å². The zero-order chi connectivity index (χ0) is 18.6. The van der Waals surface area contributed by atoms with Gasteiger partial charge in [-0.15, -0.1) is 0 Å².